The molecule has 7 nitrogen and oxygen atoms in total. The summed E-state index contributed by atoms with van der Waals surface area (Å²) in [6.45, 7) is 0.109. The highest BCUT2D eigenvalue weighted by Gasteiger charge is 2.39. The highest BCUT2D eigenvalue weighted by molar-refractivity contribution is 6.04. The van der Waals surface area contributed by atoms with Crippen LogP contribution in [-0.4, -0.2) is 29.3 Å². The highest BCUT2D eigenvalue weighted by Crippen LogP contribution is 2.15. The van der Waals surface area contributed by atoms with E-state index in [-0.39, 0.29) is 6.54 Å². The number of amides is 3. The topological polar surface area (TPSA) is 106 Å². The van der Waals surface area contributed by atoms with Crippen LogP contribution in [0.3, 0.4) is 0 Å². The summed E-state index contributed by atoms with van der Waals surface area (Å²) in [4.78, 5) is 34.8. The smallest absolute Gasteiger partial charge is 0.325 e. The number of urea groups is 1. The van der Waals surface area contributed by atoms with E-state index in [2.05, 4.69) is 5.32 Å². The average Bonchev–Trinajstić information content (AvgIpc) is 2.77. The van der Waals surface area contributed by atoms with Crippen LogP contribution < -0.4 is 11.1 Å². The molecule has 1 aromatic rings. The number of nitrogens with one attached hydrogen (secondary N) is 1. The molecule has 1 fully saturated rings. The molecule has 3 amide bonds. The summed E-state index contributed by atoms with van der Waals surface area (Å²) >= 11 is 0. The number of nitrogens with two attached hydrogens (primary N) is 1. The molecule has 0 radical (unpaired) electrons. The molecule has 1 aliphatic heterocycles. The lowest BCUT2D eigenvalue weighted by molar-refractivity contribution is -0.132. The fourth-order valence-corrected chi connectivity index (χ4v) is 1.63. The minimum Gasteiger partial charge on any atom is -0.467 e. The van der Waals surface area contributed by atoms with Gasteiger partial charge in [0.15, 0.2) is 0 Å². The number of hydrogen-bond donors (Lipinski definition) is 2. The lowest BCUT2D eigenvalue weighted by atomic mass is 10.0. The van der Waals surface area contributed by atoms with Crippen LogP contribution in [0.15, 0.2) is 22.8 Å². The second-order valence-corrected chi connectivity index (χ2v) is 3.65. The van der Waals surface area contributed by atoms with Crippen molar-refractivity contribution in [2.24, 2.45) is 11.7 Å². The molecule has 0 aromatic carbocycles. The maximum absolute atomic E-state index is 11.6. The molecule has 1 aromatic heterocycles. The zero-order valence-electron chi connectivity index (χ0n) is 8.83. The van der Waals surface area contributed by atoms with Crippen LogP contribution >= 0.6 is 0 Å². The molecule has 0 spiro atoms. The average molecular weight is 237 g/mol. The van der Waals surface area contributed by atoms with Gasteiger partial charge in [0.2, 0.25) is 5.91 Å². The van der Waals surface area contributed by atoms with E-state index in [1.165, 1.54) is 11.2 Å². The van der Waals surface area contributed by atoms with Gasteiger partial charge in [-0.3, -0.25) is 10.1 Å². The Morgan fingerprint density at radius 2 is 2.29 bits per heavy atom. The van der Waals surface area contributed by atoms with E-state index >= 15 is 0 Å². The van der Waals surface area contributed by atoms with Crippen LogP contribution in [-0.2, 0) is 16.1 Å². The first-order valence-corrected chi connectivity index (χ1v) is 4.98. The third kappa shape index (κ3) is 2.04. The van der Waals surface area contributed by atoms with Crippen LogP contribution in [0.2, 0.25) is 0 Å². The number of aldehydes is 1. The molecule has 2 unspecified atom stereocenters. The Bertz CT molecular complexity index is 442. The van der Waals surface area contributed by atoms with Crippen LogP contribution in [0.5, 0.6) is 0 Å². The molecule has 3 N–H and O–H groups in total. The van der Waals surface area contributed by atoms with Gasteiger partial charge in [0, 0.05) is 0 Å². The van der Waals surface area contributed by atoms with Crippen LogP contribution in [0, 0.1) is 5.92 Å². The molecule has 2 heterocycles. The summed E-state index contributed by atoms with van der Waals surface area (Å²) in [7, 11) is 0. The maximum atomic E-state index is 11.6. The van der Waals surface area contributed by atoms with E-state index in [1.54, 1.807) is 12.1 Å². The number of carbonyl (C=O) groups excluding carboxylic acids is 3. The zero-order chi connectivity index (χ0) is 12.4. The Labute approximate surface area is 96.5 Å². The van der Waals surface area contributed by atoms with Crippen molar-refractivity contribution in [3.63, 3.8) is 0 Å². The first-order chi connectivity index (χ1) is 8.13. The fourth-order valence-electron chi connectivity index (χ4n) is 1.63. The van der Waals surface area contributed by atoms with Crippen molar-refractivity contribution in [2.75, 3.05) is 0 Å². The first kappa shape index (κ1) is 11.3. The van der Waals surface area contributed by atoms with Crippen molar-refractivity contribution in [3.8, 4) is 0 Å². The van der Waals surface area contributed by atoms with Crippen molar-refractivity contribution < 1.29 is 18.8 Å². The SMILES string of the molecule is NC1C(C=O)C(=O)NC(=O)N1Cc1ccco1. The van der Waals surface area contributed by atoms with Crippen molar-refractivity contribution >= 4 is 18.2 Å². The summed E-state index contributed by atoms with van der Waals surface area (Å²) < 4.78 is 5.08. The number of furan rings is 1. The van der Waals surface area contributed by atoms with Gasteiger partial charge in [-0.2, -0.15) is 0 Å². The lowest BCUT2D eigenvalue weighted by Crippen LogP contribution is -2.63. The molecule has 0 aliphatic carbocycles. The van der Waals surface area contributed by atoms with Gasteiger partial charge in [-0.05, 0) is 12.1 Å². The standard InChI is InChI=1S/C10H11N3O4/c11-8-7(5-14)9(15)12-10(16)13(8)4-6-2-1-3-17-6/h1-3,5,7-8H,4,11H2,(H,12,15,16). The van der Waals surface area contributed by atoms with Crippen LogP contribution in [0.25, 0.3) is 0 Å². The number of rotatable bonds is 3. The summed E-state index contributed by atoms with van der Waals surface area (Å²) in [5.41, 5.74) is 5.70. The Balaban J connectivity index is 2.17. The monoisotopic (exact) mass is 237 g/mol. The molecule has 2 rings (SSSR count). The second kappa shape index (κ2) is 4.38. The second-order valence-electron chi connectivity index (χ2n) is 3.65. The van der Waals surface area contributed by atoms with E-state index < -0.39 is 24.0 Å². The normalized spacial score (nSPS) is 24.6. The predicted molar refractivity (Wildman–Crippen MR) is 55.3 cm³/mol. The quantitative estimate of drug-likeness (QED) is 0.541. The number of carbonyl (C=O) groups is 3. The Hall–Kier alpha value is -2.15. The number of hydrogen-bond acceptors (Lipinski definition) is 5. The van der Waals surface area contributed by atoms with E-state index in [4.69, 9.17) is 10.2 Å². The minimum absolute atomic E-state index is 0.109. The lowest BCUT2D eigenvalue weighted by Gasteiger charge is -2.35. The summed E-state index contributed by atoms with van der Waals surface area (Å²) in [6, 6.07) is 2.72. The number of imide groups is 1. The maximum Gasteiger partial charge on any atom is 0.325 e. The molecule has 7 heteroatoms. The number of nitrogens with zero attached hydrogens (tertiary/aromatic N) is 1. The van der Waals surface area contributed by atoms with E-state index in [1.807, 2.05) is 0 Å². The molecule has 1 saturated heterocycles. The van der Waals surface area contributed by atoms with Gasteiger partial charge in [-0.15, -0.1) is 0 Å². The van der Waals surface area contributed by atoms with Crippen LogP contribution in [0.1, 0.15) is 5.76 Å². The summed E-state index contributed by atoms with van der Waals surface area (Å²) in [5, 5.41) is 2.07. The van der Waals surface area contributed by atoms with Gasteiger partial charge in [0.05, 0.1) is 12.8 Å². The summed E-state index contributed by atoms with van der Waals surface area (Å²) in [6.07, 6.45) is 0.922. The molecular weight excluding hydrogens is 226 g/mol. The van der Waals surface area contributed by atoms with Crippen molar-refractivity contribution in [1.82, 2.24) is 10.2 Å². The molecule has 17 heavy (non-hydrogen) atoms. The molecule has 1 aliphatic rings. The summed E-state index contributed by atoms with van der Waals surface area (Å²) in [5.74, 6) is -1.20. The molecule has 90 valence electrons. The third-order valence-electron chi connectivity index (χ3n) is 2.57. The minimum atomic E-state index is -1.05. The van der Waals surface area contributed by atoms with E-state index in [0.717, 1.165) is 0 Å². The highest BCUT2D eigenvalue weighted by atomic mass is 16.3. The predicted octanol–water partition coefficient (Wildman–Crippen LogP) is -0.569. The fraction of sp³-hybridized carbons (Fsp3) is 0.300. The van der Waals surface area contributed by atoms with E-state index in [9.17, 15) is 14.4 Å². The molecule has 0 saturated carbocycles. The van der Waals surface area contributed by atoms with Crippen LogP contribution in [0.4, 0.5) is 4.79 Å². The molecule has 0 bridgehead atoms. The molecule has 2 atom stereocenters. The van der Waals surface area contributed by atoms with Crippen molar-refractivity contribution in [3.05, 3.63) is 24.2 Å². The Kier molecular flexibility index (Phi) is 2.92. The Morgan fingerprint density at radius 3 is 2.88 bits per heavy atom. The van der Waals surface area contributed by atoms with Crippen molar-refractivity contribution in [1.29, 1.82) is 0 Å². The van der Waals surface area contributed by atoms with Gasteiger partial charge in [-0.1, -0.05) is 0 Å². The van der Waals surface area contributed by atoms with Gasteiger partial charge in [0.1, 0.15) is 24.1 Å². The largest absolute Gasteiger partial charge is 0.467 e. The van der Waals surface area contributed by atoms with Gasteiger partial charge < -0.3 is 19.8 Å². The zero-order valence-corrected chi connectivity index (χ0v) is 8.83. The first-order valence-electron chi connectivity index (χ1n) is 4.98. The van der Waals surface area contributed by atoms with E-state index in [0.29, 0.717) is 12.0 Å². The third-order valence-corrected chi connectivity index (χ3v) is 2.57. The molecular formula is C10H11N3O4. The Morgan fingerprint density at radius 1 is 1.53 bits per heavy atom. The van der Waals surface area contributed by atoms with Crippen molar-refractivity contribution in [2.45, 2.75) is 12.7 Å². The van der Waals surface area contributed by atoms with Gasteiger partial charge in [0.25, 0.3) is 0 Å². The van der Waals surface area contributed by atoms with Gasteiger partial charge >= 0.3 is 6.03 Å². The van der Waals surface area contributed by atoms with Gasteiger partial charge in [-0.25, -0.2) is 4.79 Å².